The van der Waals surface area contributed by atoms with Crippen LogP contribution in [0, 0.1) is 0 Å². The summed E-state index contributed by atoms with van der Waals surface area (Å²) in [5.41, 5.74) is 4.01. The van der Waals surface area contributed by atoms with E-state index in [2.05, 4.69) is 120 Å². The molecule has 160 valence electrons. The second-order valence-electron chi connectivity index (χ2n) is 10.5. The Morgan fingerprint density at radius 2 is 1.18 bits per heavy atom. The molecule has 0 radical (unpaired) electrons. The zero-order valence-electron chi connectivity index (χ0n) is 21.0. The fourth-order valence-electron chi connectivity index (χ4n) is 4.63. The molecule has 0 amide bonds. The summed E-state index contributed by atoms with van der Waals surface area (Å²) in [4.78, 5) is 0. The van der Waals surface area contributed by atoms with Crippen molar-refractivity contribution in [3.8, 4) is 0 Å². The van der Waals surface area contributed by atoms with Gasteiger partial charge in [-0.05, 0) is 56.3 Å². The summed E-state index contributed by atoms with van der Waals surface area (Å²) in [6.07, 6.45) is 11.8. The molecule has 1 rings (SSSR count). The fourth-order valence-corrected chi connectivity index (χ4v) is 12.1. The monoisotopic (exact) mass is 439 g/mol. The SMILES string of the molecule is CC(C)(C)P(=NC1=CC=CC1)(C(C)(C)C)C(C)(C)C.CC=C(C)C(C)=CC.[Ti]. The zero-order valence-corrected chi connectivity index (χ0v) is 23.4. The van der Waals surface area contributed by atoms with Gasteiger partial charge in [0, 0.05) is 33.8 Å². The van der Waals surface area contributed by atoms with E-state index in [9.17, 15) is 0 Å². The molecule has 0 saturated carbocycles. The third-order valence-electron chi connectivity index (χ3n) is 5.43. The van der Waals surface area contributed by atoms with E-state index in [0.717, 1.165) is 6.42 Å². The molecule has 0 aromatic rings. The second kappa shape index (κ2) is 11.3. The molecular formula is C25H46NPTi. The quantitative estimate of drug-likeness (QED) is 0.231. The van der Waals surface area contributed by atoms with Gasteiger partial charge in [0.2, 0.25) is 0 Å². The van der Waals surface area contributed by atoms with Gasteiger partial charge in [0.05, 0.1) is 0 Å². The molecule has 1 nitrogen and oxygen atoms in total. The van der Waals surface area contributed by atoms with Gasteiger partial charge in [0.25, 0.3) is 0 Å². The van der Waals surface area contributed by atoms with Crippen LogP contribution >= 0.6 is 7.05 Å². The Morgan fingerprint density at radius 1 is 0.821 bits per heavy atom. The van der Waals surface area contributed by atoms with Gasteiger partial charge in [-0.25, -0.2) is 0 Å². The third-order valence-corrected chi connectivity index (χ3v) is 11.8. The Kier molecular flexibility index (Phi) is 12.2. The van der Waals surface area contributed by atoms with Gasteiger partial charge < -0.3 is 0 Å². The molecular weight excluding hydrogens is 393 g/mol. The molecule has 0 N–H and O–H groups in total. The van der Waals surface area contributed by atoms with E-state index in [1.165, 1.54) is 16.8 Å². The first-order chi connectivity index (χ1) is 12.0. The van der Waals surface area contributed by atoms with Crippen molar-refractivity contribution in [2.75, 3.05) is 0 Å². The summed E-state index contributed by atoms with van der Waals surface area (Å²) in [6.45, 7) is 29.8. The maximum atomic E-state index is 5.43. The first kappa shape index (κ1) is 30.1. The molecule has 28 heavy (non-hydrogen) atoms. The molecule has 0 aliphatic heterocycles. The molecule has 0 aromatic carbocycles. The van der Waals surface area contributed by atoms with Crippen LogP contribution in [0.1, 0.15) is 96.4 Å². The summed E-state index contributed by atoms with van der Waals surface area (Å²) in [5.74, 6) is 0. The van der Waals surface area contributed by atoms with E-state index in [0.29, 0.717) is 0 Å². The fraction of sp³-hybridized carbons (Fsp3) is 0.680. The van der Waals surface area contributed by atoms with Crippen LogP contribution in [-0.2, 0) is 21.7 Å². The second-order valence-corrected chi connectivity index (χ2v) is 16.0. The molecule has 0 fully saturated rings. The first-order valence-corrected chi connectivity index (χ1v) is 12.0. The van der Waals surface area contributed by atoms with Gasteiger partial charge in [-0.15, -0.1) is 0 Å². The van der Waals surface area contributed by atoms with Crippen LogP contribution in [0.3, 0.4) is 0 Å². The number of allylic oxidation sites excluding steroid dienone is 7. The Bertz CT molecular complexity index is 610. The van der Waals surface area contributed by atoms with Crippen LogP contribution in [0.15, 0.2) is 52.0 Å². The maximum Gasteiger partial charge on any atom is 0.0425 e. The van der Waals surface area contributed by atoms with Crippen LogP contribution in [0.25, 0.3) is 0 Å². The molecule has 0 heterocycles. The predicted molar refractivity (Wildman–Crippen MR) is 129 cm³/mol. The van der Waals surface area contributed by atoms with E-state index < -0.39 is 7.05 Å². The van der Waals surface area contributed by atoms with Crippen molar-refractivity contribution >= 4 is 7.05 Å². The molecule has 0 bridgehead atoms. The van der Waals surface area contributed by atoms with Crippen LogP contribution in [0.2, 0.25) is 0 Å². The normalized spacial score (nSPS) is 16.1. The molecule has 0 saturated heterocycles. The number of hydrogen-bond acceptors (Lipinski definition) is 1. The average Bonchev–Trinajstić information content (AvgIpc) is 3.00. The van der Waals surface area contributed by atoms with Crippen LogP contribution in [-0.4, -0.2) is 15.5 Å². The summed E-state index contributed by atoms with van der Waals surface area (Å²) in [5, 5.41) is 0.646. The summed E-state index contributed by atoms with van der Waals surface area (Å²) in [6, 6.07) is 0. The predicted octanol–water partition coefficient (Wildman–Crippen LogP) is 9.34. The maximum absolute atomic E-state index is 5.43. The summed E-state index contributed by atoms with van der Waals surface area (Å²) in [7, 11) is -1.58. The number of hydrogen-bond donors (Lipinski definition) is 0. The van der Waals surface area contributed by atoms with Crippen LogP contribution < -0.4 is 0 Å². The van der Waals surface area contributed by atoms with E-state index in [-0.39, 0.29) is 37.2 Å². The zero-order chi connectivity index (χ0) is 21.7. The van der Waals surface area contributed by atoms with Crippen molar-refractivity contribution in [1.82, 2.24) is 0 Å². The minimum absolute atomic E-state index is 0. The molecule has 0 aromatic heterocycles. The minimum atomic E-state index is -1.58. The van der Waals surface area contributed by atoms with Gasteiger partial charge in [-0.2, -0.15) is 0 Å². The van der Waals surface area contributed by atoms with Crippen molar-refractivity contribution in [3.05, 3.63) is 47.2 Å². The van der Waals surface area contributed by atoms with Gasteiger partial charge in [0.1, 0.15) is 0 Å². The molecule has 0 unspecified atom stereocenters. The minimum Gasteiger partial charge on any atom is -0.270 e. The first-order valence-electron chi connectivity index (χ1n) is 10.3. The smallest absolute Gasteiger partial charge is 0.0425 e. The van der Waals surface area contributed by atoms with Crippen molar-refractivity contribution < 1.29 is 21.7 Å². The Hall–Kier alpha value is -0.0957. The topological polar surface area (TPSA) is 12.4 Å². The standard InChI is InChI=1S/C17H32NP.C8H14.Ti/c1-15(2,3)19(16(4,5)6,17(7,8)9)18-14-12-10-11-13-14;1-5-7(3)8(4)6-2;/h10-12H,13H2,1-9H3;5-6H,1-4H3;. The van der Waals surface area contributed by atoms with Crippen molar-refractivity contribution in [2.24, 2.45) is 4.74 Å². The van der Waals surface area contributed by atoms with Gasteiger partial charge in [-0.3, -0.25) is 4.74 Å². The van der Waals surface area contributed by atoms with Crippen LogP contribution in [0.5, 0.6) is 0 Å². The molecule has 1 aliphatic rings. The molecule has 3 heteroatoms. The number of rotatable bonds is 2. The molecule has 0 spiro atoms. The van der Waals surface area contributed by atoms with Crippen molar-refractivity contribution in [1.29, 1.82) is 0 Å². The third kappa shape index (κ3) is 7.30. The van der Waals surface area contributed by atoms with Crippen molar-refractivity contribution in [3.63, 3.8) is 0 Å². The largest absolute Gasteiger partial charge is 0.270 e. The Balaban J connectivity index is 0. The van der Waals surface area contributed by atoms with E-state index in [4.69, 9.17) is 4.74 Å². The summed E-state index contributed by atoms with van der Waals surface area (Å²) >= 11 is 0. The van der Waals surface area contributed by atoms with Crippen LogP contribution in [0.4, 0.5) is 0 Å². The van der Waals surface area contributed by atoms with Gasteiger partial charge >= 0.3 is 0 Å². The molecule has 1 aliphatic carbocycles. The van der Waals surface area contributed by atoms with Crippen molar-refractivity contribution in [2.45, 2.75) is 112 Å². The molecule has 0 atom stereocenters. The summed E-state index contributed by atoms with van der Waals surface area (Å²) < 4.78 is 5.43. The number of nitrogens with zero attached hydrogens (tertiary/aromatic N) is 1. The Labute approximate surface area is 192 Å². The van der Waals surface area contributed by atoms with E-state index >= 15 is 0 Å². The van der Waals surface area contributed by atoms with E-state index in [1.54, 1.807) is 0 Å². The van der Waals surface area contributed by atoms with Gasteiger partial charge in [-0.1, -0.05) is 97.8 Å². The van der Waals surface area contributed by atoms with Gasteiger partial charge in [0.15, 0.2) is 0 Å². The average molecular weight is 439 g/mol. The van der Waals surface area contributed by atoms with E-state index in [1.807, 2.05) is 0 Å². The Morgan fingerprint density at radius 3 is 1.39 bits per heavy atom.